The molecule has 1 aromatic rings. The van der Waals surface area contributed by atoms with E-state index in [-0.39, 0.29) is 5.96 Å². The molecule has 0 saturated carbocycles. The van der Waals surface area contributed by atoms with Crippen molar-refractivity contribution < 1.29 is 5.21 Å². The molecule has 4 N–H and O–H groups in total. The molecule has 7 heteroatoms. The molecule has 0 amide bonds. The van der Waals surface area contributed by atoms with Crippen molar-refractivity contribution >= 4 is 5.96 Å². The lowest BCUT2D eigenvalue weighted by atomic mass is 10.5. The highest BCUT2D eigenvalue weighted by Gasteiger charge is 2.04. The van der Waals surface area contributed by atoms with Gasteiger partial charge >= 0.3 is 0 Å². The monoisotopic (exact) mass is 170 g/mol. The molecule has 1 rings (SSSR count). The molecule has 0 fully saturated rings. The van der Waals surface area contributed by atoms with Crippen molar-refractivity contribution in [3.05, 3.63) is 12.2 Å². The van der Waals surface area contributed by atoms with E-state index < -0.39 is 0 Å². The fourth-order valence-electron chi connectivity index (χ4n) is 0.689. The molecule has 0 bridgehead atoms. The number of nitrogens with one attached hydrogen (secondary N) is 1. The molecule has 1 heterocycles. The van der Waals surface area contributed by atoms with E-state index in [2.05, 4.69) is 20.3 Å². The lowest BCUT2D eigenvalue weighted by Gasteiger charge is -2.13. The Morgan fingerprint density at radius 1 is 1.92 bits per heavy atom. The summed E-state index contributed by atoms with van der Waals surface area (Å²) >= 11 is 0. The highest BCUT2D eigenvalue weighted by Crippen LogP contribution is 1.92. The van der Waals surface area contributed by atoms with Crippen LogP contribution in [0, 0.1) is 0 Å². The topological polar surface area (TPSA) is 103 Å². The molecule has 1 aromatic heterocycles. The first kappa shape index (κ1) is 8.31. The third kappa shape index (κ3) is 1.84. The van der Waals surface area contributed by atoms with Crippen LogP contribution in [0.5, 0.6) is 0 Å². The quantitative estimate of drug-likeness (QED) is 0.227. The third-order valence-electron chi connectivity index (χ3n) is 1.35. The molecule has 0 aliphatic rings. The second kappa shape index (κ2) is 3.56. The average molecular weight is 170 g/mol. The van der Waals surface area contributed by atoms with Crippen LogP contribution in [-0.2, 0) is 6.54 Å². The van der Waals surface area contributed by atoms with E-state index in [1.807, 2.05) is 0 Å². The van der Waals surface area contributed by atoms with Gasteiger partial charge in [0, 0.05) is 7.05 Å². The number of guanidine groups is 1. The summed E-state index contributed by atoms with van der Waals surface area (Å²) in [6.45, 7) is 0.426. The normalized spacial score (nSPS) is 11.6. The minimum Gasteiger partial charge on any atom is -0.408 e. The van der Waals surface area contributed by atoms with E-state index in [9.17, 15) is 0 Å². The van der Waals surface area contributed by atoms with Crippen molar-refractivity contribution in [3.63, 3.8) is 0 Å². The summed E-state index contributed by atoms with van der Waals surface area (Å²) < 4.78 is 0. The number of rotatable bonds is 2. The van der Waals surface area contributed by atoms with E-state index >= 15 is 0 Å². The zero-order valence-electron chi connectivity index (χ0n) is 6.60. The Morgan fingerprint density at radius 3 is 3.17 bits per heavy atom. The van der Waals surface area contributed by atoms with Crippen LogP contribution in [0.25, 0.3) is 0 Å². The molecule has 0 atom stereocenters. The van der Waals surface area contributed by atoms with Gasteiger partial charge in [-0.05, 0) is 0 Å². The van der Waals surface area contributed by atoms with Crippen molar-refractivity contribution in [2.24, 2.45) is 10.9 Å². The first-order valence-electron chi connectivity index (χ1n) is 3.27. The Kier molecular flexibility index (Phi) is 2.46. The fraction of sp³-hybridized carbons (Fsp3) is 0.400. The van der Waals surface area contributed by atoms with Crippen LogP contribution in [0.4, 0.5) is 0 Å². The predicted octanol–water partition coefficient (Wildman–Crippen LogP) is -1.06. The van der Waals surface area contributed by atoms with Gasteiger partial charge in [-0.3, -0.25) is 5.10 Å². The Balaban J connectivity index is 2.53. The Bertz CT molecular complexity index is 255. The maximum absolute atomic E-state index is 8.31. The molecule has 0 aliphatic heterocycles. The first-order valence-corrected chi connectivity index (χ1v) is 3.27. The van der Waals surface area contributed by atoms with Crippen LogP contribution >= 0.6 is 0 Å². The predicted molar refractivity (Wildman–Crippen MR) is 41.3 cm³/mol. The smallest absolute Gasteiger partial charge is 0.233 e. The fourth-order valence-corrected chi connectivity index (χ4v) is 0.689. The second-order valence-electron chi connectivity index (χ2n) is 2.25. The van der Waals surface area contributed by atoms with Crippen molar-refractivity contribution in [1.29, 1.82) is 0 Å². The SMILES string of the molecule is CN(Cc1ncn[nH]1)C(N)=NO. The zero-order valence-corrected chi connectivity index (χ0v) is 6.60. The summed E-state index contributed by atoms with van der Waals surface area (Å²) in [5, 5.41) is 17.4. The summed E-state index contributed by atoms with van der Waals surface area (Å²) in [5.41, 5.74) is 5.30. The Hall–Kier alpha value is -1.79. The molecule has 0 aromatic carbocycles. The lowest BCUT2D eigenvalue weighted by Crippen LogP contribution is -2.33. The maximum atomic E-state index is 8.31. The Morgan fingerprint density at radius 2 is 2.67 bits per heavy atom. The van der Waals surface area contributed by atoms with Gasteiger partial charge in [-0.1, -0.05) is 5.16 Å². The van der Waals surface area contributed by atoms with Crippen LogP contribution in [0.2, 0.25) is 0 Å². The van der Waals surface area contributed by atoms with Gasteiger partial charge in [0.2, 0.25) is 5.96 Å². The van der Waals surface area contributed by atoms with Crippen molar-refractivity contribution in [2.75, 3.05) is 7.05 Å². The van der Waals surface area contributed by atoms with Gasteiger partial charge in [-0.25, -0.2) is 4.98 Å². The number of aromatic nitrogens is 3. The molecule has 0 aliphatic carbocycles. The molecular weight excluding hydrogens is 160 g/mol. The standard InChI is InChI=1S/C5H10N6O/c1-11(5(6)10-12)2-4-7-3-8-9-4/h3,12H,2H2,1H3,(H2,6,10)(H,7,8,9). The minimum atomic E-state index is 0.0337. The average Bonchev–Trinajstić information content (AvgIpc) is 2.55. The molecule has 0 spiro atoms. The number of hydrogen-bond donors (Lipinski definition) is 3. The molecule has 0 saturated heterocycles. The van der Waals surface area contributed by atoms with Gasteiger partial charge in [0.1, 0.15) is 12.2 Å². The molecule has 0 unspecified atom stereocenters. The summed E-state index contributed by atoms with van der Waals surface area (Å²) in [6, 6.07) is 0. The van der Waals surface area contributed by atoms with Gasteiger partial charge < -0.3 is 15.8 Å². The third-order valence-corrected chi connectivity index (χ3v) is 1.35. The van der Waals surface area contributed by atoms with Crippen molar-refractivity contribution in [3.8, 4) is 0 Å². The number of oxime groups is 1. The molecule has 0 radical (unpaired) electrons. The first-order chi connectivity index (χ1) is 5.74. The van der Waals surface area contributed by atoms with E-state index in [0.29, 0.717) is 12.4 Å². The number of nitrogens with zero attached hydrogens (tertiary/aromatic N) is 4. The molecule has 66 valence electrons. The molecule has 12 heavy (non-hydrogen) atoms. The zero-order chi connectivity index (χ0) is 8.97. The number of H-pyrrole nitrogens is 1. The highest BCUT2D eigenvalue weighted by molar-refractivity contribution is 5.76. The number of nitrogens with two attached hydrogens (primary N) is 1. The van der Waals surface area contributed by atoms with Gasteiger partial charge in [0.15, 0.2) is 0 Å². The van der Waals surface area contributed by atoms with Gasteiger partial charge in [-0.15, -0.1) is 0 Å². The van der Waals surface area contributed by atoms with E-state index in [0.717, 1.165) is 0 Å². The summed E-state index contributed by atoms with van der Waals surface area (Å²) in [5.74, 6) is 0.690. The number of hydrogen-bond acceptors (Lipinski definition) is 4. The van der Waals surface area contributed by atoms with Crippen LogP contribution in [0.1, 0.15) is 5.82 Å². The minimum absolute atomic E-state index is 0.0337. The van der Waals surface area contributed by atoms with Gasteiger partial charge in [0.05, 0.1) is 6.54 Å². The lowest BCUT2D eigenvalue weighted by molar-refractivity contribution is 0.303. The largest absolute Gasteiger partial charge is 0.408 e. The van der Waals surface area contributed by atoms with E-state index in [1.54, 1.807) is 7.05 Å². The van der Waals surface area contributed by atoms with Crippen molar-refractivity contribution in [1.82, 2.24) is 20.1 Å². The van der Waals surface area contributed by atoms with Gasteiger partial charge in [-0.2, -0.15) is 5.10 Å². The van der Waals surface area contributed by atoms with Crippen LogP contribution in [-0.4, -0.2) is 38.3 Å². The van der Waals surface area contributed by atoms with E-state index in [4.69, 9.17) is 10.9 Å². The maximum Gasteiger partial charge on any atom is 0.233 e. The summed E-state index contributed by atoms with van der Waals surface area (Å²) in [6.07, 6.45) is 1.40. The van der Waals surface area contributed by atoms with Crippen LogP contribution < -0.4 is 5.73 Å². The second-order valence-corrected chi connectivity index (χ2v) is 2.25. The number of aromatic amines is 1. The summed E-state index contributed by atoms with van der Waals surface area (Å²) in [7, 11) is 1.68. The van der Waals surface area contributed by atoms with Crippen LogP contribution in [0.15, 0.2) is 11.5 Å². The summed E-state index contributed by atoms with van der Waals surface area (Å²) in [4.78, 5) is 5.40. The van der Waals surface area contributed by atoms with Crippen molar-refractivity contribution in [2.45, 2.75) is 6.54 Å². The van der Waals surface area contributed by atoms with Crippen LogP contribution in [0.3, 0.4) is 0 Å². The molecule has 7 nitrogen and oxygen atoms in total. The van der Waals surface area contributed by atoms with E-state index in [1.165, 1.54) is 11.2 Å². The molecular formula is C5H10N6O. The highest BCUT2D eigenvalue weighted by atomic mass is 16.4. The van der Waals surface area contributed by atoms with Gasteiger partial charge in [0.25, 0.3) is 0 Å². The Labute approximate surface area is 68.9 Å².